The van der Waals surface area contributed by atoms with E-state index in [0.717, 1.165) is 0 Å². The van der Waals surface area contributed by atoms with Gasteiger partial charge in [-0.05, 0) is 26.7 Å². The SMILES string of the molecule is CC(C)(O)CNC(=O)CNC1CCCC1. The summed E-state index contributed by atoms with van der Waals surface area (Å²) in [4.78, 5) is 11.4. The van der Waals surface area contributed by atoms with Gasteiger partial charge in [0, 0.05) is 12.6 Å². The minimum absolute atomic E-state index is 0.0379. The molecule has 0 aliphatic heterocycles. The molecule has 4 nitrogen and oxygen atoms in total. The summed E-state index contributed by atoms with van der Waals surface area (Å²) in [6.07, 6.45) is 4.89. The van der Waals surface area contributed by atoms with Crippen LogP contribution in [0.1, 0.15) is 39.5 Å². The van der Waals surface area contributed by atoms with Gasteiger partial charge in [-0.1, -0.05) is 12.8 Å². The molecule has 0 heterocycles. The number of rotatable bonds is 5. The summed E-state index contributed by atoms with van der Waals surface area (Å²) in [5, 5.41) is 15.3. The van der Waals surface area contributed by atoms with E-state index in [4.69, 9.17) is 0 Å². The summed E-state index contributed by atoms with van der Waals surface area (Å²) in [6.45, 7) is 4.02. The Morgan fingerprint density at radius 2 is 2.00 bits per heavy atom. The maximum Gasteiger partial charge on any atom is 0.234 e. The second kappa shape index (κ2) is 5.47. The van der Waals surface area contributed by atoms with Gasteiger partial charge in [0.05, 0.1) is 12.1 Å². The average molecular weight is 214 g/mol. The zero-order valence-corrected chi connectivity index (χ0v) is 9.68. The van der Waals surface area contributed by atoms with Crippen LogP contribution < -0.4 is 10.6 Å². The number of hydrogen-bond acceptors (Lipinski definition) is 3. The number of carbonyl (C=O) groups excluding carboxylic acids is 1. The molecule has 0 aromatic carbocycles. The highest BCUT2D eigenvalue weighted by molar-refractivity contribution is 5.78. The van der Waals surface area contributed by atoms with E-state index in [0.29, 0.717) is 19.1 Å². The molecule has 1 amide bonds. The van der Waals surface area contributed by atoms with Gasteiger partial charge in [-0.3, -0.25) is 4.79 Å². The Kier molecular flexibility index (Phi) is 4.54. The minimum atomic E-state index is -0.830. The van der Waals surface area contributed by atoms with Crippen molar-refractivity contribution < 1.29 is 9.90 Å². The smallest absolute Gasteiger partial charge is 0.234 e. The van der Waals surface area contributed by atoms with E-state index in [-0.39, 0.29) is 5.91 Å². The molecule has 0 saturated heterocycles. The Labute approximate surface area is 91.4 Å². The molecule has 0 spiro atoms. The summed E-state index contributed by atoms with van der Waals surface area (Å²) in [5.74, 6) is -0.0379. The van der Waals surface area contributed by atoms with E-state index in [9.17, 15) is 9.90 Å². The lowest BCUT2D eigenvalue weighted by Gasteiger charge is -2.18. The molecule has 0 bridgehead atoms. The van der Waals surface area contributed by atoms with E-state index < -0.39 is 5.60 Å². The topological polar surface area (TPSA) is 61.4 Å². The van der Waals surface area contributed by atoms with E-state index in [1.807, 2.05) is 0 Å². The van der Waals surface area contributed by atoms with Gasteiger partial charge in [-0.15, -0.1) is 0 Å². The van der Waals surface area contributed by atoms with Gasteiger partial charge in [-0.2, -0.15) is 0 Å². The highest BCUT2D eigenvalue weighted by atomic mass is 16.3. The van der Waals surface area contributed by atoms with Crippen LogP contribution in [-0.2, 0) is 4.79 Å². The zero-order valence-electron chi connectivity index (χ0n) is 9.68. The summed E-state index contributed by atoms with van der Waals surface area (Å²) in [7, 11) is 0. The molecule has 1 saturated carbocycles. The van der Waals surface area contributed by atoms with Crippen LogP contribution in [0.25, 0.3) is 0 Å². The van der Waals surface area contributed by atoms with Crippen LogP contribution in [-0.4, -0.2) is 35.7 Å². The van der Waals surface area contributed by atoms with Crippen molar-refractivity contribution in [3.63, 3.8) is 0 Å². The Hall–Kier alpha value is -0.610. The maximum atomic E-state index is 11.4. The largest absolute Gasteiger partial charge is 0.389 e. The molecule has 1 rings (SSSR count). The quantitative estimate of drug-likeness (QED) is 0.621. The number of carbonyl (C=O) groups is 1. The summed E-state index contributed by atoms with van der Waals surface area (Å²) in [5.41, 5.74) is -0.830. The molecular weight excluding hydrogens is 192 g/mol. The molecule has 0 radical (unpaired) electrons. The normalized spacial score (nSPS) is 18.1. The van der Waals surface area contributed by atoms with Crippen molar-refractivity contribution in [2.75, 3.05) is 13.1 Å². The molecule has 0 atom stereocenters. The number of aliphatic hydroxyl groups is 1. The molecule has 4 heteroatoms. The van der Waals surface area contributed by atoms with Gasteiger partial charge in [0.1, 0.15) is 0 Å². The monoisotopic (exact) mass is 214 g/mol. The second-order valence-corrected chi connectivity index (χ2v) is 4.95. The van der Waals surface area contributed by atoms with Crippen molar-refractivity contribution in [1.82, 2.24) is 10.6 Å². The lowest BCUT2D eigenvalue weighted by atomic mass is 10.1. The summed E-state index contributed by atoms with van der Waals surface area (Å²) >= 11 is 0. The molecular formula is C11H22N2O2. The average Bonchev–Trinajstić information content (AvgIpc) is 2.62. The van der Waals surface area contributed by atoms with Crippen molar-refractivity contribution in [3.05, 3.63) is 0 Å². The second-order valence-electron chi connectivity index (χ2n) is 4.95. The first-order valence-electron chi connectivity index (χ1n) is 5.70. The van der Waals surface area contributed by atoms with Crippen LogP contribution in [0.3, 0.4) is 0 Å². The van der Waals surface area contributed by atoms with Gasteiger partial charge in [-0.25, -0.2) is 0 Å². The molecule has 1 aliphatic carbocycles. The maximum absolute atomic E-state index is 11.4. The molecule has 15 heavy (non-hydrogen) atoms. The van der Waals surface area contributed by atoms with E-state index in [1.54, 1.807) is 13.8 Å². The Balaban J connectivity index is 2.08. The third-order valence-electron chi connectivity index (χ3n) is 2.62. The highest BCUT2D eigenvalue weighted by Crippen LogP contribution is 2.17. The van der Waals surface area contributed by atoms with Crippen molar-refractivity contribution >= 4 is 5.91 Å². The molecule has 3 N–H and O–H groups in total. The van der Waals surface area contributed by atoms with Crippen molar-refractivity contribution in [2.45, 2.75) is 51.2 Å². The van der Waals surface area contributed by atoms with Gasteiger partial charge in [0.15, 0.2) is 0 Å². The first kappa shape index (κ1) is 12.5. The number of nitrogens with one attached hydrogen (secondary N) is 2. The molecule has 0 aromatic heterocycles. The minimum Gasteiger partial charge on any atom is -0.389 e. The zero-order chi connectivity index (χ0) is 11.3. The highest BCUT2D eigenvalue weighted by Gasteiger charge is 2.17. The summed E-state index contributed by atoms with van der Waals surface area (Å²) < 4.78 is 0. The number of amides is 1. The first-order valence-corrected chi connectivity index (χ1v) is 5.70. The van der Waals surface area contributed by atoms with Gasteiger partial charge < -0.3 is 15.7 Å². The van der Waals surface area contributed by atoms with Gasteiger partial charge in [0.25, 0.3) is 0 Å². The van der Waals surface area contributed by atoms with Gasteiger partial charge in [0.2, 0.25) is 5.91 Å². The summed E-state index contributed by atoms with van der Waals surface area (Å²) in [6, 6.07) is 0.512. The fraction of sp³-hybridized carbons (Fsp3) is 0.909. The lowest BCUT2D eigenvalue weighted by molar-refractivity contribution is -0.121. The molecule has 88 valence electrons. The molecule has 0 unspecified atom stereocenters. The van der Waals surface area contributed by atoms with Crippen molar-refractivity contribution in [3.8, 4) is 0 Å². The van der Waals surface area contributed by atoms with E-state index >= 15 is 0 Å². The Morgan fingerprint density at radius 1 is 1.40 bits per heavy atom. The Bertz CT molecular complexity index is 205. The van der Waals surface area contributed by atoms with Crippen LogP contribution in [0.5, 0.6) is 0 Å². The third kappa shape index (κ3) is 5.74. The molecule has 1 aliphatic rings. The molecule has 0 aromatic rings. The standard InChI is InChI=1S/C11H22N2O2/c1-11(2,15)8-13-10(14)7-12-9-5-3-4-6-9/h9,12,15H,3-8H2,1-2H3,(H,13,14). The van der Waals surface area contributed by atoms with Gasteiger partial charge >= 0.3 is 0 Å². The lowest BCUT2D eigenvalue weighted by Crippen LogP contribution is -2.43. The van der Waals surface area contributed by atoms with E-state index in [2.05, 4.69) is 10.6 Å². The van der Waals surface area contributed by atoms with Crippen molar-refractivity contribution in [2.24, 2.45) is 0 Å². The fourth-order valence-electron chi connectivity index (χ4n) is 1.74. The Morgan fingerprint density at radius 3 is 2.53 bits per heavy atom. The van der Waals surface area contributed by atoms with Crippen LogP contribution in [0.4, 0.5) is 0 Å². The predicted molar refractivity (Wildman–Crippen MR) is 59.6 cm³/mol. The van der Waals surface area contributed by atoms with Crippen LogP contribution in [0, 0.1) is 0 Å². The van der Waals surface area contributed by atoms with E-state index in [1.165, 1.54) is 25.7 Å². The van der Waals surface area contributed by atoms with Crippen LogP contribution in [0.15, 0.2) is 0 Å². The fourth-order valence-corrected chi connectivity index (χ4v) is 1.74. The molecule has 1 fully saturated rings. The number of hydrogen-bond donors (Lipinski definition) is 3. The van der Waals surface area contributed by atoms with Crippen molar-refractivity contribution in [1.29, 1.82) is 0 Å². The van der Waals surface area contributed by atoms with Crippen LogP contribution >= 0.6 is 0 Å². The third-order valence-corrected chi connectivity index (χ3v) is 2.62. The van der Waals surface area contributed by atoms with Crippen LogP contribution in [0.2, 0.25) is 0 Å². The first-order chi connectivity index (χ1) is 6.97. The predicted octanol–water partition coefficient (Wildman–Crippen LogP) is 0.406.